The normalized spacial score (nSPS) is 11.9. The van der Waals surface area contributed by atoms with Gasteiger partial charge in [-0.1, -0.05) is 19.1 Å². The molecule has 0 amide bonds. The molecule has 25 heavy (non-hydrogen) atoms. The summed E-state index contributed by atoms with van der Waals surface area (Å²) in [5.41, 5.74) is 3.59. The molecule has 0 fully saturated rings. The highest BCUT2D eigenvalue weighted by Crippen LogP contribution is 2.33. The van der Waals surface area contributed by atoms with Crippen LogP contribution in [-0.2, 0) is 6.54 Å². The molecule has 0 aliphatic carbocycles. The van der Waals surface area contributed by atoms with Gasteiger partial charge in [-0.25, -0.2) is 0 Å². The average Bonchev–Trinajstić information content (AvgIpc) is 2.64. The van der Waals surface area contributed by atoms with Crippen molar-refractivity contribution >= 4 is 0 Å². The number of hydrogen-bond donors (Lipinski definition) is 1. The number of aryl methyl sites for hydroxylation is 1. The molecular weight excluding hydrogens is 314 g/mol. The van der Waals surface area contributed by atoms with E-state index in [0.717, 1.165) is 36.8 Å². The predicted octanol–water partition coefficient (Wildman–Crippen LogP) is 4.65. The van der Waals surface area contributed by atoms with Gasteiger partial charge in [0.2, 0.25) is 0 Å². The van der Waals surface area contributed by atoms with E-state index < -0.39 is 0 Å². The molecule has 0 saturated heterocycles. The Kier molecular flexibility index (Phi) is 7.14. The van der Waals surface area contributed by atoms with E-state index in [0.29, 0.717) is 0 Å². The summed E-state index contributed by atoms with van der Waals surface area (Å²) in [6, 6.07) is 12.5. The third-order valence-corrected chi connectivity index (χ3v) is 4.22. The molecule has 0 bridgehead atoms. The van der Waals surface area contributed by atoms with Crippen LogP contribution in [0.3, 0.4) is 0 Å². The molecule has 0 saturated carbocycles. The van der Waals surface area contributed by atoms with E-state index >= 15 is 0 Å². The third-order valence-electron chi connectivity index (χ3n) is 4.22. The second-order valence-corrected chi connectivity index (χ2v) is 6.16. The van der Waals surface area contributed by atoms with Crippen molar-refractivity contribution in [2.45, 2.75) is 39.8 Å². The van der Waals surface area contributed by atoms with Crippen molar-refractivity contribution in [2.24, 2.45) is 0 Å². The minimum absolute atomic E-state index is 0.194. The van der Waals surface area contributed by atoms with E-state index in [1.807, 2.05) is 24.3 Å². The minimum atomic E-state index is 0.194. The summed E-state index contributed by atoms with van der Waals surface area (Å²) in [7, 11) is 3.32. The van der Waals surface area contributed by atoms with Gasteiger partial charge in [0.1, 0.15) is 5.75 Å². The molecule has 0 aliphatic heterocycles. The van der Waals surface area contributed by atoms with Crippen LogP contribution in [0.15, 0.2) is 36.4 Å². The minimum Gasteiger partial charge on any atom is -0.494 e. The Hall–Kier alpha value is -2.20. The van der Waals surface area contributed by atoms with Crippen molar-refractivity contribution in [3.05, 3.63) is 53.1 Å². The molecule has 2 aromatic carbocycles. The maximum absolute atomic E-state index is 5.70. The maximum atomic E-state index is 5.70. The summed E-state index contributed by atoms with van der Waals surface area (Å²) in [4.78, 5) is 0. The molecule has 1 unspecified atom stereocenters. The Labute approximate surface area is 151 Å². The second-order valence-electron chi connectivity index (χ2n) is 6.16. The first kappa shape index (κ1) is 19.1. The van der Waals surface area contributed by atoms with Gasteiger partial charge in [0.15, 0.2) is 11.5 Å². The molecule has 1 atom stereocenters. The summed E-state index contributed by atoms with van der Waals surface area (Å²) in [5.74, 6) is 2.44. The lowest BCUT2D eigenvalue weighted by molar-refractivity contribution is 0.317. The molecule has 2 aromatic rings. The first-order valence-electron chi connectivity index (χ1n) is 8.76. The lowest BCUT2D eigenvalue weighted by atomic mass is 10.0. The van der Waals surface area contributed by atoms with E-state index in [2.05, 4.69) is 38.2 Å². The van der Waals surface area contributed by atoms with Gasteiger partial charge in [-0.15, -0.1) is 0 Å². The first-order valence-corrected chi connectivity index (χ1v) is 8.76. The van der Waals surface area contributed by atoms with Gasteiger partial charge in [-0.05, 0) is 61.2 Å². The molecule has 4 heteroatoms. The Bertz CT molecular complexity index is 685. The molecule has 1 N–H and O–H groups in total. The molecule has 0 radical (unpaired) electrons. The van der Waals surface area contributed by atoms with Crippen molar-refractivity contribution in [3.8, 4) is 17.2 Å². The zero-order valence-electron chi connectivity index (χ0n) is 15.9. The number of nitrogens with one attached hydrogen (secondary N) is 1. The zero-order valence-corrected chi connectivity index (χ0v) is 15.9. The van der Waals surface area contributed by atoms with Crippen molar-refractivity contribution in [3.63, 3.8) is 0 Å². The van der Waals surface area contributed by atoms with E-state index in [1.54, 1.807) is 14.2 Å². The van der Waals surface area contributed by atoms with Crippen LogP contribution in [-0.4, -0.2) is 20.8 Å². The highest BCUT2D eigenvalue weighted by Gasteiger charge is 2.13. The monoisotopic (exact) mass is 343 g/mol. The molecule has 4 nitrogen and oxygen atoms in total. The number of hydrogen-bond acceptors (Lipinski definition) is 4. The van der Waals surface area contributed by atoms with Crippen LogP contribution in [0.25, 0.3) is 0 Å². The van der Waals surface area contributed by atoms with Gasteiger partial charge in [0.05, 0.1) is 20.8 Å². The fraction of sp³-hybridized carbons (Fsp3) is 0.429. The van der Waals surface area contributed by atoms with E-state index in [-0.39, 0.29) is 6.04 Å². The number of methoxy groups -OCH3 is 2. The van der Waals surface area contributed by atoms with Crippen LogP contribution in [0.2, 0.25) is 0 Å². The Morgan fingerprint density at radius 3 is 2.44 bits per heavy atom. The molecular formula is C21H29NO3. The van der Waals surface area contributed by atoms with Crippen molar-refractivity contribution in [1.29, 1.82) is 0 Å². The summed E-state index contributed by atoms with van der Waals surface area (Å²) >= 11 is 0. The number of ether oxygens (including phenoxy) is 3. The van der Waals surface area contributed by atoms with Crippen LogP contribution >= 0.6 is 0 Å². The van der Waals surface area contributed by atoms with Crippen LogP contribution in [0, 0.1) is 6.92 Å². The fourth-order valence-corrected chi connectivity index (χ4v) is 2.81. The molecule has 0 aliphatic rings. The van der Waals surface area contributed by atoms with Gasteiger partial charge >= 0.3 is 0 Å². The van der Waals surface area contributed by atoms with Gasteiger partial charge in [-0.2, -0.15) is 0 Å². The van der Waals surface area contributed by atoms with Gasteiger partial charge in [-0.3, -0.25) is 0 Å². The van der Waals surface area contributed by atoms with Gasteiger partial charge < -0.3 is 19.5 Å². The standard InChI is InChI=1S/C21H29NO3/c1-6-10-25-18-9-7-8-17(12-18)14-22-16(3)19-13-21(24-5)20(23-4)11-15(19)2/h7-9,11-13,16,22H,6,10,14H2,1-5H3. The topological polar surface area (TPSA) is 39.7 Å². The van der Waals surface area contributed by atoms with Crippen molar-refractivity contribution < 1.29 is 14.2 Å². The van der Waals surface area contributed by atoms with Crippen LogP contribution in [0.1, 0.15) is 43.0 Å². The molecule has 0 spiro atoms. The summed E-state index contributed by atoms with van der Waals surface area (Å²) in [5, 5.41) is 3.58. The first-order chi connectivity index (χ1) is 12.1. The Morgan fingerprint density at radius 2 is 1.76 bits per heavy atom. The Balaban J connectivity index is 2.06. The van der Waals surface area contributed by atoms with Crippen LogP contribution < -0.4 is 19.5 Å². The third kappa shape index (κ3) is 5.13. The summed E-state index contributed by atoms with van der Waals surface area (Å²) < 4.78 is 16.5. The summed E-state index contributed by atoms with van der Waals surface area (Å²) in [6.07, 6.45) is 1.01. The fourth-order valence-electron chi connectivity index (χ4n) is 2.81. The van der Waals surface area contributed by atoms with Crippen molar-refractivity contribution in [1.82, 2.24) is 5.32 Å². The van der Waals surface area contributed by atoms with E-state index in [4.69, 9.17) is 14.2 Å². The lowest BCUT2D eigenvalue weighted by Gasteiger charge is -2.19. The average molecular weight is 343 g/mol. The number of rotatable bonds is 9. The number of benzene rings is 2. The highest BCUT2D eigenvalue weighted by atomic mass is 16.5. The van der Waals surface area contributed by atoms with Crippen LogP contribution in [0.4, 0.5) is 0 Å². The molecule has 2 rings (SSSR count). The second kappa shape index (κ2) is 9.33. The predicted molar refractivity (Wildman–Crippen MR) is 102 cm³/mol. The zero-order chi connectivity index (χ0) is 18.2. The summed E-state index contributed by atoms with van der Waals surface area (Å²) in [6.45, 7) is 7.88. The SMILES string of the molecule is CCCOc1cccc(CNC(C)c2cc(OC)c(OC)cc2C)c1. The Morgan fingerprint density at radius 1 is 1.04 bits per heavy atom. The van der Waals surface area contributed by atoms with Gasteiger partial charge in [0, 0.05) is 12.6 Å². The van der Waals surface area contributed by atoms with Gasteiger partial charge in [0.25, 0.3) is 0 Å². The van der Waals surface area contributed by atoms with E-state index in [9.17, 15) is 0 Å². The van der Waals surface area contributed by atoms with Crippen LogP contribution in [0.5, 0.6) is 17.2 Å². The van der Waals surface area contributed by atoms with E-state index in [1.165, 1.54) is 16.7 Å². The highest BCUT2D eigenvalue weighted by molar-refractivity contribution is 5.48. The largest absolute Gasteiger partial charge is 0.494 e. The molecule has 0 aromatic heterocycles. The quantitative estimate of drug-likeness (QED) is 0.719. The molecule has 0 heterocycles. The molecule has 136 valence electrons. The maximum Gasteiger partial charge on any atom is 0.161 e. The van der Waals surface area contributed by atoms with Crippen molar-refractivity contribution in [2.75, 3.05) is 20.8 Å². The smallest absolute Gasteiger partial charge is 0.161 e. The lowest BCUT2D eigenvalue weighted by Crippen LogP contribution is -2.19.